The van der Waals surface area contributed by atoms with Gasteiger partial charge in [-0.3, -0.25) is 4.79 Å². The number of carbonyl (C=O) groups is 1. The minimum atomic E-state index is -2.19. The normalized spacial score (nSPS) is 13.1. The summed E-state index contributed by atoms with van der Waals surface area (Å²) in [7, 11) is -2.19. The van der Waals surface area contributed by atoms with Gasteiger partial charge in [-0.25, -0.2) is 14.2 Å². The van der Waals surface area contributed by atoms with Crippen molar-refractivity contribution in [3.05, 3.63) is 78.7 Å². The molecule has 226 valence electrons. The lowest BCUT2D eigenvalue weighted by Gasteiger charge is -2.40. The van der Waals surface area contributed by atoms with Crippen LogP contribution in [0, 0.1) is 11.2 Å². The van der Waals surface area contributed by atoms with Crippen molar-refractivity contribution in [1.82, 2.24) is 9.55 Å². The van der Waals surface area contributed by atoms with E-state index in [-0.39, 0.29) is 63.7 Å². The third-order valence-electron chi connectivity index (χ3n) is 7.85. The highest BCUT2D eigenvalue weighted by Crippen LogP contribution is 2.40. The van der Waals surface area contributed by atoms with Crippen LogP contribution in [0.1, 0.15) is 76.0 Å². The van der Waals surface area contributed by atoms with E-state index >= 15 is 0 Å². The molecule has 0 amide bonds. The van der Waals surface area contributed by atoms with Crippen molar-refractivity contribution in [3.8, 4) is 0 Å². The Labute approximate surface area is 251 Å². The lowest BCUT2D eigenvalue weighted by molar-refractivity contribution is 0.0522. The molecule has 0 spiro atoms. The quantitative estimate of drug-likeness (QED) is 0.0785. The van der Waals surface area contributed by atoms with Gasteiger partial charge >= 0.3 is 5.97 Å². The number of ether oxygens (including phenoxy) is 1. The number of azide groups is 1. The fraction of sp³-hybridized carbons (Fsp3) is 0.500. The van der Waals surface area contributed by atoms with Crippen molar-refractivity contribution in [1.29, 1.82) is 0 Å². The number of hydrogen-bond donors (Lipinski definition) is 0. The second kappa shape index (κ2) is 12.5. The highest BCUT2D eigenvalue weighted by atomic mass is 35.5. The topological polar surface area (TPSA) is 119 Å². The Morgan fingerprint density at radius 1 is 1.21 bits per heavy atom. The van der Waals surface area contributed by atoms with Gasteiger partial charge in [0.05, 0.1) is 29.7 Å². The molecule has 2 heterocycles. The Morgan fingerprint density at radius 2 is 1.88 bits per heavy atom. The molecule has 0 aliphatic rings. The standard InChI is InChI=1S/C30H39ClFN5O4Si/c1-10-40-28(39)21-16-37(23(29(2,3)4)17-41-42(8,9)30(5,6)7)27-20(25(21)38)15-19(26(34-27)35-36-33)14-18-12-11-13-22(31)24(18)32/h11-13,15-16,23H,10,14,17H2,1-9H3/t23-/m1/s1. The SMILES string of the molecule is CCOC(=O)c1cn([C@H](CO[Si](C)(C)C(C)(C)C)C(C)(C)C)c2nc(N=[N+]=[N-])c(Cc3cccc(Cl)c3F)cc2c1=O. The lowest BCUT2D eigenvalue weighted by Crippen LogP contribution is -2.43. The van der Waals surface area contributed by atoms with Crippen LogP contribution >= 0.6 is 11.6 Å². The summed E-state index contributed by atoms with van der Waals surface area (Å²) in [4.78, 5) is 34.3. The number of halogens is 2. The number of fused-ring (bicyclic) bond motifs is 1. The van der Waals surface area contributed by atoms with E-state index in [0.29, 0.717) is 5.56 Å². The zero-order valence-corrected chi connectivity index (χ0v) is 27.5. The summed E-state index contributed by atoms with van der Waals surface area (Å²) in [5.74, 6) is -1.41. The van der Waals surface area contributed by atoms with E-state index in [4.69, 9.17) is 20.8 Å². The summed E-state index contributed by atoms with van der Waals surface area (Å²) in [6.07, 6.45) is 1.40. The molecule has 0 saturated heterocycles. The summed E-state index contributed by atoms with van der Waals surface area (Å²) in [6.45, 7) is 18.9. The molecule has 0 fully saturated rings. The van der Waals surface area contributed by atoms with Gasteiger partial charge in [-0.1, -0.05) is 65.3 Å². The molecule has 0 bridgehead atoms. The van der Waals surface area contributed by atoms with Crippen molar-refractivity contribution >= 4 is 42.7 Å². The van der Waals surface area contributed by atoms with E-state index in [1.807, 2.05) is 20.8 Å². The highest BCUT2D eigenvalue weighted by Gasteiger charge is 2.39. The van der Waals surface area contributed by atoms with Crippen LogP contribution in [-0.4, -0.2) is 37.1 Å². The molecule has 0 radical (unpaired) electrons. The van der Waals surface area contributed by atoms with E-state index in [1.54, 1.807) is 23.6 Å². The largest absolute Gasteiger partial charge is 0.462 e. The van der Waals surface area contributed by atoms with Gasteiger partial charge in [0, 0.05) is 17.5 Å². The molecular weight excluding hydrogens is 577 g/mol. The third-order valence-corrected chi connectivity index (χ3v) is 12.6. The van der Waals surface area contributed by atoms with E-state index < -0.39 is 30.9 Å². The van der Waals surface area contributed by atoms with Crippen LogP contribution in [0.2, 0.25) is 23.2 Å². The van der Waals surface area contributed by atoms with Gasteiger partial charge in [0.25, 0.3) is 0 Å². The van der Waals surface area contributed by atoms with E-state index in [1.165, 1.54) is 18.3 Å². The molecule has 9 nitrogen and oxygen atoms in total. The maximum absolute atomic E-state index is 14.8. The maximum atomic E-state index is 14.8. The zero-order valence-electron chi connectivity index (χ0n) is 25.7. The summed E-state index contributed by atoms with van der Waals surface area (Å²) in [6, 6.07) is 5.70. The van der Waals surface area contributed by atoms with Crippen LogP contribution in [0.4, 0.5) is 10.2 Å². The number of benzene rings is 1. The first kappa shape index (κ1) is 33.3. The summed E-state index contributed by atoms with van der Waals surface area (Å²) < 4.78 is 28.4. The number of nitrogens with zero attached hydrogens (tertiary/aromatic N) is 5. The van der Waals surface area contributed by atoms with Crippen LogP contribution in [0.5, 0.6) is 0 Å². The Balaban J connectivity index is 2.37. The number of aromatic nitrogens is 2. The second-order valence-corrected chi connectivity index (χ2v) is 18.1. The summed E-state index contributed by atoms with van der Waals surface area (Å²) in [5.41, 5.74) is 8.92. The number of rotatable bonds is 9. The van der Waals surface area contributed by atoms with Gasteiger partial charge in [-0.2, -0.15) is 0 Å². The van der Waals surface area contributed by atoms with E-state index in [2.05, 4.69) is 48.9 Å². The Bertz CT molecular complexity index is 1600. The molecule has 0 saturated carbocycles. The molecule has 1 aromatic carbocycles. The molecule has 42 heavy (non-hydrogen) atoms. The number of esters is 1. The van der Waals surface area contributed by atoms with E-state index in [9.17, 15) is 19.5 Å². The predicted octanol–water partition coefficient (Wildman–Crippen LogP) is 8.51. The molecule has 0 aliphatic heterocycles. The number of hydrogen-bond acceptors (Lipinski definition) is 6. The fourth-order valence-corrected chi connectivity index (χ4v) is 5.50. The second-order valence-electron chi connectivity index (χ2n) is 12.9. The van der Waals surface area contributed by atoms with E-state index in [0.717, 1.165) is 0 Å². The fourth-order valence-electron chi connectivity index (χ4n) is 4.30. The first-order valence-electron chi connectivity index (χ1n) is 13.8. The predicted molar refractivity (Wildman–Crippen MR) is 167 cm³/mol. The summed E-state index contributed by atoms with van der Waals surface area (Å²) in [5, 5.41) is 3.78. The van der Waals surface area contributed by atoms with Gasteiger partial charge in [-0.15, -0.1) is 0 Å². The minimum absolute atomic E-state index is 0.0145. The highest BCUT2D eigenvalue weighted by molar-refractivity contribution is 6.74. The van der Waals surface area contributed by atoms with Crippen molar-refractivity contribution in [3.63, 3.8) is 0 Å². The molecule has 12 heteroatoms. The Kier molecular flexibility index (Phi) is 9.94. The molecule has 2 aromatic heterocycles. The molecule has 3 rings (SSSR count). The van der Waals surface area contributed by atoms with Gasteiger partial charge in [-0.05, 0) is 64.4 Å². The number of carbonyl (C=O) groups excluding carboxylic acids is 1. The van der Waals surface area contributed by atoms with Gasteiger partial charge in [0.2, 0.25) is 5.43 Å². The smallest absolute Gasteiger partial charge is 0.343 e. The third kappa shape index (κ3) is 7.03. The van der Waals surface area contributed by atoms with Gasteiger partial charge in [0.15, 0.2) is 8.32 Å². The minimum Gasteiger partial charge on any atom is -0.462 e. The van der Waals surface area contributed by atoms with Crippen molar-refractivity contribution in [2.24, 2.45) is 10.5 Å². The van der Waals surface area contributed by atoms with Gasteiger partial charge in [0.1, 0.15) is 22.8 Å². The number of pyridine rings is 2. The molecule has 3 aromatic rings. The lowest BCUT2D eigenvalue weighted by atomic mass is 9.86. The molecule has 1 atom stereocenters. The summed E-state index contributed by atoms with van der Waals surface area (Å²) >= 11 is 5.99. The van der Waals surface area contributed by atoms with Crippen LogP contribution in [0.15, 0.2) is 40.4 Å². The average molecular weight is 616 g/mol. The maximum Gasteiger partial charge on any atom is 0.343 e. The first-order valence-corrected chi connectivity index (χ1v) is 17.1. The van der Waals surface area contributed by atoms with Crippen LogP contribution in [0.3, 0.4) is 0 Å². The van der Waals surface area contributed by atoms with Crippen molar-refractivity contribution < 1.29 is 18.3 Å². The molecule has 0 N–H and O–H groups in total. The van der Waals surface area contributed by atoms with Gasteiger partial charge < -0.3 is 13.7 Å². The van der Waals surface area contributed by atoms with Crippen LogP contribution in [-0.2, 0) is 15.6 Å². The van der Waals surface area contributed by atoms with Crippen LogP contribution < -0.4 is 5.43 Å². The molecule has 0 aliphatic carbocycles. The zero-order chi connectivity index (χ0) is 31.6. The monoisotopic (exact) mass is 615 g/mol. The molecule has 0 unspecified atom stereocenters. The Morgan fingerprint density at radius 3 is 2.45 bits per heavy atom. The first-order chi connectivity index (χ1) is 19.4. The van der Waals surface area contributed by atoms with Crippen LogP contribution in [0.25, 0.3) is 21.5 Å². The molecular formula is C30H39ClFN5O4Si. The van der Waals surface area contributed by atoms with Crippen molar-refractivity contribution in [2.75, 3.05) is 13.2 Å². The van der Waals surface area contributed by atoms with Crippen molar-refractivity contribution in [2.45, 2.75) is 79.1 Å². The Hall–Kier alpha value is -3.24. The average Bonchev–Trinajstić information content (AvgIpc) is 2.87.